The maximum atomic E-state index is 14.4. The standard InChI is InChI=1S/C37H30Cl2F3N5O/c1-21(2)23-8-10-24(11-9-23)30-19-32(37(40,41)42)46-33(43-30)20-31(44-46)36(48)47-35(25-12-16-28(39)17-13-25)29-5-3-4-26(34(29)45-47)18-22-6-14-27(38)15-7-22/h6-21,29,35H,3-5H2,1-2H3/b26-18+/t29-,35-/m1/s1. The Balaban J connectivity index is 1.32. The van der Waals surface area contributed by atoms with Crippen molar-refractivity contribution in [3.8, 4) is 11.3 Å². The van der Waals surface area contributed by atoms with Crippen molar-refractivity contribution in [2.45, 2.75) is 51.2 Å². The van der Waals surface area contributed by atoms with Gasteiger partial charge in [-0.1, -0.05) is 85.6 Å². The van der Waals surface area contributed by atoms with Crippen LogP contribution in [0.5, 0.6) is 0 Å². The lowest BCUT2D eigenvalue weighted by Gasteiger charge is -2.29. The molecule has 11 heteroatoms. The number of amides is 1. The van der Waals surface area contributed by atoms with Crippen LogP contribution in [0, 0.1) is 5.92 Å². The summed E-state index contributed by atoms with van der Waals surface area (Å²) in [6, 6.07) is 23.7. The highest BCUT2D eigenvalue weighted by Gasteiger charge is 2.45. The number of aromatic nitrogens is 3. The smallest absolute Gasteiger partial charge is 0.265 e. The normalized spacial score (nSPS) is 18.9. The van der Waals surface area contributed by atoms with E-state index in [-0.39, 0.29) is 28.9 Å². The second-order valence-corrected chi connectivity index (χ2v) is 13.3. The zero-order chi connectivity index (χ0) is 33.7. The minimum absolute atomic E-state index is 0.0910. The van der Waals surface area contributed by atoms with Gasteiger partial charge in [0.05, 0.1) is 17.4 Å². The fourth-order valence-corrected chi connectivity index (χ4v) is 6.76. The number of hydrogen-bond donors (Lipinski definition) is 0. The van der Waals surface area contributed by atoms with E-state index in [1.807, 2.05) is 68.5 Å². The van der Waals surface area contributed by atoms with Crippen molar-refractivity contribution >= 4 is 46.5 Å². The minimum Gasteiger partial charge on any atom is -0.265 e. The van der Waals surface area contributed by atoms with Gasteiger partial charge < -0.3 is 0 Å². The second-order valence-electron chi connectivity index (χ2n) is 12.5. The third-order valence-electron chi connectivity index (χ3n) is 8.94. The van der Waals surface area contributed by atoms with E-state index in [1.165, 1.54) is 11.1 Å². The lowest BCUT2D eigenvalue weighted by Crippen LogP contribution is -2.32. The van der Waals surface area contributed by atoms with Crippen LogP contribution in [0.3, 0.4) is 0 Å². The molecule has 0 bridgehead atoms. The first-order valence-electron chi connectivity index (χ1n) is 15.7. The third kappa shape index (κ3) is 6.13. The van der Waals surface area contributed by atoms with Crippen molar-refractivity contribution in [3.63, 3.8) is 0 Å². The van der Waals surface area contributed by atoms with Crippen LogP contribution in [0.2, 0.25) is 10.0 Å². The van der Waals surface area contributed by atoms with Gasteiger partial charge in [0, 0.05) is 27.6 Å². The van der Waals surface area contributed by atoms with Crippen LogP contribution in [-0.2, 0) is 6.18 Å². The molecule has 244 valence electrons. The van der Waals surface area contributed by atoms with E-state index in [4.69, 9.17) is 28.3 Å². The van der Waals surface area contributed by atoms with Crippen molar-refractivity contribution in [1.82, 2.24) is 19.6 Å². The first-order chi connectivity index (χ1) is 23.0. The van der Waals surface area contributed by atoms with Gasteiger partial charge in [-0.25, -0.2) is 14.5 Å². The van der Waals surface area contributed by atoms with Crippen LogP contribution < -0.4 is 0 Å². The Bertz CT molecular complexity index is 2070. The van der Waals surface area contributed by atoms with Gasteiger partial charge >= 0.3 is 6.18 Å². The van der Waals surface area contributed by atoms with Gasteiger partial charge in [-0.3, -0.25) is 4.79 Å². The molecule has 1 aliphatic carbocycles. The summed E-state index contributed by atoms with van der Waals surface area (Å²) in [5, 5.41) is 11.6. The molecule has 7 rings (SSSR count). The molecule has 0 N–H and O–H groups in total. The van der Waals surface area contributed by atoms with Crippen molar-refractivity contribution < 1.29 is 18.0 Å². The molecule has 5 aromatic rings. The summed E-state index contributed by atoms with van der Waals surface area (Å²) in [4.78, 5) is 18.8. The Hall–Kier alpha value is -4.47. The van der Waals surface area contributed by atoms with Gasteiger partial charge in [0.2, 0.25) is 0 Å². The van der Waals surface area contributed by atoms with Gasteiger partial charge in [0.25, 0.3) is 5.91 Å². The molecular formula is C37H30Cl2F3N5O. The Morgan fingerprint density at radius 1 is 0.938 bits per heavy atom. The predicted molar refractivity (Wildman–Crippen MR) is 182 cm³/mol. The van der Waals surface area contributed by atoms with E-state index in [0.717, 1.165) is 53.3 Å². The molecule has 2 atom stereocenters. The fraction of sp³-hybridized carbons (Fsp3) is 0.243. The van der Waals surface area contributed by atoms with E-state index < -0.39 is 23.8 Å². The number of rotatable bonds is 5. The summed E-state index contributed by atoms with van der Waals surface area (Å²) in [5.74, 6) is -0.491. The summed E-state index contributed by atoms with van der Waals surface area (Å²) in [6.07, 6.45) is -0.285. The van der Waals surface area contributed by atoms with Gasteiger partial charge in [0.15, 0.2) is 17.0 Å². The number of benzene rings is 3. The fourth-order valence-electron chi connectivity index (χ4n) is 6.51. The summed E-state index contributed by atoms with van der Waals surface area (Å²) < 4.78 is 44.0. The Morgan fingerprint density at radius 3 is 2.25 bits per heavy atom. The number of nitrogens with zero attached hydrogens (tertiary/aromatic N) is 5. The number of fused-ring (bicyclic) bond motifs is 2. The van der Waals surface area contributed by atoms with E-state index in [1.54, 1.807) is 24.3 Å². The highest BCUT2D eigenvalue weighted by molar-refractivity contribution is 6.30. The summed E-state index contributed by atoms with van der Waals surface area (Å²) in [5.41, 5.74) is 3.94. The molecule has 2 aliphatic rings. The Kier molecular flexibility index (Phi) is 8.37. The molecular weight excluding hydrogens is 658 g/mol. The van der Waals surface area contributed by atoms with Crippen molar-refractivity contribution in [2.75, 3.05) is 0 Å². The number of carbonyl (C=O) groups is 1. The van der Waals surface area contributed by atoms with Gasteiger partial charge in [-0.05, 0) is 83.9 Å². The van der Waals surface area contributed by atoms with Crippen molar-refractivity contribution in [1.29, 1.82) is 0 Å². The number of carbonyl (C=O) groups excluding carboxylic acids is 1. The highest BCUT2D eigenvalue weighted by Crippen LogP contribution is 2.45. The predicted octanol–water partition coefficient (Wildman–Crippen LogP) is 10.3. The molecule has 1 fully saturated rings. The Morgan fingerprint density at radius 2 is 1.60 bits per heavy atom. The number of hydrazone groups is 1. The van der Waals surface area contributed by atoms with Crippen LogP contribution in [0.25, 0.3) is 23.0 Å². The average molecular weight is 689 g/mol. The molecule has 0 spiro atoms. The average Bonchev–Trinajstić information content (AvgIpc) is 3.68. The minimum atomic E-state index is -4.75. The lowest BCUT2D eigenvalue weighted by molar-refractivity contribution is -0.142. The molecule has 1 saturated carbocycles. The number of allylic oxidation sites excluding steroid dienone is 1. The second kappa shape index (κ2) is 12.5. The molecule has 48 heavy (non-hydrogen) atoms. The monoisotopic (exact) mass is 687 g/mol. The van der Waals surface area contributed by atoms with Gasteiger partial charge in [-0.15, -0.1) is 0 Å². The highest BCUT2D eigenvalue weighted by atomic mass is 35.5. The SMILES string of the molecule is CC(C)c1ccc(-c2cc(C(F)(F)F)n3nc(C(=O)N4N=C5/C(=C/c6ccc(Cl)cc6)CCC[C@H]5[C@H]4c4ccc(Cl)cc4)cc3n2)cc1. The molecule has 2 aromatic heterocycles. The number of hydrogen-bond acceptors (Lipinski definition) is 4. The first kappa shape index (κ1) is 32.1. The van der Waals surface area contributed by atoms with E-state index in [2.05, 4.69) is 10.1 Å². The van der Waals surface area contributed by atoms with E-state index in [9.17, 15) is 18.0 Å². The third-order valence-corrected chi connectivity index (χ3v) is 9.45. The van der Waals surface area contributed by atoms with Gasteiger partial charge in [0.1, 0.15) is 0 Å². The maximum Gasteiger partial charge on any atom is 0.433 e. The van der Waals surface area contributed by atoms with E-state index in [0.29, 0.717) is 20.1 Å². The molecule has 3 aromatic carbocycles. The zero-order valence-corrected chi connectivity index (χ0v) is 27.6. The summed E-state index contributed by atoms with van der Waals surface area (Å²) >= 11 is 12.3. The van der Waals surface area contributed by atoms with Crippen molar-refractivity contribution in [3.05, 3.63) is 129 Å². The molecule has 6 nitrogen and oxygen atoms in total. The van der Waals surface area contributed by atoms with Crippen molar-refractivity contribution in [2.24, 2.45) is 11.0 Å². The number of alkyl halides is 3. The number of halogens is 5. The summed E-state index contributed by atoms with van der Waals surface area (Å²) in [6.45, 7) is 4.08. The zero-order valence-electron chi connectivity index (χ0n) is 26.0. The Labute approximate surface area is 285 Å². The van der Waals surface area contributed by atoms with Crippen LogP contribution in [0.1, 0.15) is 77.9 Å². The van der Waals surface area contributed by atoms with Crippen LogP contribution in [0.15, 0.2) is 95.6 Å². The molecule has 0 radical (unpaired) electrons. The molecule has 3 heterocycles. The van der Waals surface area contributed by atoms with Gasteiger partial charge in [-0.2, -0.15) is 23.4 Å². The molecule has 1 aliphatic heterocycles. The van der Waals surface area contributed by atoms with E-state index >= 15 is 0 Å². The largest absolute Gasteiger partial charge is 0.433 e. The maximum absolute atomic E-state index is 14.4. The quantitative estimate of drug-likeness (QED) is 0.185. The molecule has 0 unspecified atom stereocenters. The summed E-state index contributed by atoms with van der Waals surface area (Å²) in [7, 11) is 0. The molecule has 0 saturated heterocycles. The first-order valence-corrected chi connectivity index (χ1v) is 16.4. The van der Waals surface area contributed by atoms with Crippen LogP contribution in [-0.4, -0.2) is 31.2 Å². The van der Waals surface area contributed by atoms with Crippen LogP contribution in [0.4, 0.5) is 13.2 Å². The molecule has 1 amide bonds. The lowest BCUT2D eigenvalue weighted by atomic mass is 9.77. The van der Waals surface area contributed by atoms with Crippen LogP contribution >= 0.6 is 23.2 Å². The topological polar surface area (TPSA) is 62.9 Å².